The summed E-state index contributed by atoms with van der Waals surface area (Å²) >= 11 is 0. The van der Waals surface area contributed by atoms with Crippen LogP contribution in [0.25, 0.3) is 0 Å². The summed E-state index contributed by atoms with van der Waals surface area (Å²) in [6, 6.07) is 6.79. The number of nitrogens with one attached hydrogen (secondary N) is 1. The fraction of sp³-hybridized carbons (Fsp3) is 0.467. The van der Waals surface area contributed by atoms with Gasteiger partial charge in [-0.3, -0.25) is 0 Å². The van der Waals surface area contributed by atoms with Crippen LogP contribution in [0.5, 0.6) is 0 Å². The molecule has 2 heteroatoms. The van der Waals surface area contributed by atoms with Crippen molar-refractivity contribution in [3.05, 3.63) is 34.9 Å². The topological polar surface area (TPSA) is 21.3 Å². The van der Waals surface area contributed by atoms with Gasteiger partial charge < -0.3 is 10.1 Å². The minimum absolute atomic E-state index is 0.216. The molecule has 0 saturated carbocycles. The molecule has 88 valence electrons. The predicted octanol–water partition coefficient (Wildman–Crippen LogP) is 2.03. The lowest BCUT2D eigenvalue weighted by Crippen LogP contribution is -2.33. The second-order valence-corrected chi connectivity index (χ2v) is 4.80. The van der Waals surface area contributed by atoms with Gasteiger partial charge in [-0.05, 0) is 49.1 Å². The molecule has 1 saturated heterocycles. The highest BCUT2D eigenvalue weighted by atomic mass is 16.5. The number of benzene rings is 1. The number of rotatable bonds is 1. The zero-order chi connectivity index (χ0) is 11.7. The van der Waals surface area contributed by atoms with Gasteiger partial charge >= 0.3 is 0 Å². The molecule has 0 aliphatic carbocycles. The van der Waals surface area contributed by atoms with Crippen molar-refractivity contribution in [2.45, 2.75) is 31.4 Å². The molecule has 1 aromatic rings. The van der Waals surface area contributed by atoms with Gasteiger partial charge in [-0.25, -0.2) is 0 Å². The Hall–Kier alpha value is -1.30. The largest absolute Gasteiger partial charge is 0.372 e. The van der Waals surface area contributed by atoms with Crippen LogP contribution in [0.2, 0.25) is 0 Å². The number of hydrogen-bond acceptors (Lipinski definition) is 2. The van der Waals surface area contributed by atoms with E-state index in [-0.39, 0.29) is 6.10 Å². The van der Waals surface area contributed by atoms with Crippen LogP contribution in [0.3, 0.4) is 0 Å². The van der Waals surface area contributed by atoms with Gasteiger partial charge in [0.15, 0.2) is 0 Å². The molecule has 1 fully saturated rings. The minimum Gasteiger partial charge on any atom is -0.372 e. The third-order valence-corrected chi connectivity index (χ3v) is 3.75. The third-order valence-electron chi connectivity index (χ3n) is 3.75. The molecule has 0 radical (unpaired) electrons. The third kappa shape index (κ3) is 1.97. The summed E-state index contributed by atoms with van der Waals surface area (Å²) in [6.45, 7) is 1.92. The summed E-state index contributed by atoms with van der Waals surface area (Å²) < 4.78 is 5.95. The first kappa shape index (κ1) is 10.8. The lowest BCUT2D eigenvalue weighted by molar-refractivity contribution is 0.0199. The van der Waals surface area contributed by atoms with Crippen LogP contribution in [0.4, 0.5) is 0 Å². The first-order chi connectivity index (χ1) is 8.38. The van der Waals surface area contributed by atoms with E-state index in [0.29, 0.717) is 6.04 Å². The lowest BCUT2D eigenvalue weighted by atomic mass is 9.91. The fourth-order valence-electron chi connectivity index (χ4n) is 2.88. The summed E-state index contributed by atoms with van der Waals surface area (Å²) in [7, 11) is 0. The molecular weight excluding hydrogens is 210 g/mol. The Balaban J connectivity index is 1.94. The highest BCUT2D eigenvalue weighted by Crippen LogP contribution is 2.33. The molecule has 2 aliphatic rings. The van der Waals surface area contributed by atoms with Crippen LogP contribution in [0.15, 0.2) is 18.2 Å². The van der Waals surface area contributed by atoms with Gasteiger partial charge in [-0.2, -0.15) is 0 Å². The number of ether oxygens (including phenoxy) is 1. The van der Waals surface area contributed by atoms with E-state index in [4.69, 9.17) is 11.2 Å². The normalized spacial score (nSPS) is 27.5. The Bertz CT molecular complexity index is 454. The number of terminal acetylenes is 1. The van der Waals surface area contributed by atoms with Crippen LogP contribution < -0.4 is 5.32 Å². The van der Waals surface area contributed by atoms with Crippen LogP contribution in [0.1, 0.15) is 35.6 Å². The average Bonchev–Trinajstić information content (AvgIpc) is 2.91. The van der Waals surface area contributed by atoms with Gasteiger partial charge in [0, 0.05) is 11.6 Å². The second-order valence-electron chi connectivity index (χ2n) is 4.80. The molecule has 2 atom stereocenters. The van der Waals surface area contributed by atoms with E-state index in [0.717, 1.165) is 25.1 Å². The molecule has 3 rings (SSSR count). The van der Waals surface area contributed by atoms with E-state index in [1.807, 2.05) is 6.07 Å². The zero-order valence-electron chi connectivity index (χ0n) is 9.91. The molecule has 2 nitrogen and oxygen atoms in total. The van der Waals surface area contributed by atoms with Crippen LogP contribution >= 0.6 is 0 Å². The van der Waals surface area contributed by atoms with E-state index in [9.17, 15) is 0 Å². The van der Waals surface area contributed by atoms with Crippen molar-refractivity contribution in [1.29, 1.82) is 0 Å². The molecule has 2 heterocycles. The summed E-state index contributed by atoms with van der Waals surface area (Å²) in [5.74, 6) is 2.71. The highest BCUT2D eigenvalue weighted by Gasteiger charge is 2.30. The molecule has 1 N–H and O–H groups in total. The first-order valence-electron chi connectivity index (χ1n) is 6.33. The molecule has 17 heavy (non-hydrogen) atoms. The van der Waals surface area contributed by atoms with Crippen LogP contribution in [-0.2, 0) is 11.2 Å². The maximum atomic E-state index is 5.95. The van der Waals surface area contributed by atoms with E-state index >= 15 is 0 Å². The first-order valence-corrected chi connectivity index (χ1v) is 6.33. The average molecular weight is 227 g/mol. The van der Waals surface area contributed by atoms with Gasteiger partial charge in [-0.1, -0.05) is 12.0 Å². The summed E-state index contributed by atoms with van der Waals surface area (Å²) in [4.78, 5) is 0. The molecule has 0 spiro atoms. The van der Waals surface area contributed by atoms with Crippen molar-refractivity contribution >= 4 is 0 Å². The van der Waals surface area contributed by atoms with Gasteiger partial charge in [0.1, 0.15) is 0 Å². The SMILES string of the molecule is C#Cc1ccc2c(c1)CCO[C@H]2[C@@H]1CCCN1. The van der Waals surface area contributed by atoms with Crippen molar-refractivity contribution < 1.29 is 4.74 Å². The van der Waals surface area contributed by atoms with Crippen molar-refractivity contribution in [1.82, 2.24) is 5.32 Å². The number of fused-ring (bicyclic) bond motifs is 1. The van der Waals surface area contributed by atoms with Crippen LogP contribution in [0, 0.1) is 12.3 Å². The van der Waals surface area contributed by atoms with E-state index in [1.165, 1.54) is 24.0 Å². The number of hydrogen-bond donors (Lipinski definition) is 1. The summed E-state index contributed by atoms with van der Waals surface area (Å²) in [5.41, 5.74) is 3.67. The van der Waals surface area contributed by atoms with Crippen LogP contribution in [-0.4, -0.2) is 19.2 Å². The smallest absolute Gasteiger partial charge is 0.0980 e. The molecular formula is C15H17NO. The molecule has 2 aliphatic heterocycles. The Morgan fingerprint density at radius 2 is 2.35 bits per heavy atom. The van der Waals surface area contributed by atoms with E-state index in [1.54, 1.807) is 0 Å². The minimum atomic E-state index is 0.216. The Morgan fingerprint density at radius 1 is 1.41 bits per heavy atom. The van der Waals surface area contributed by atoms with Crippen molar-refractivity contribution in [2.24, 2.45) is 0 Å². The monoisotopic (exact) mass is 227 g/mol. The second kappa shape index (κ2) is 4.52. The predicted molar refractivity (Wildman–Crippen MR) is 67.8 cm³/mol. The maximum Gasteiger partial charge on any atom is 0.0980 e. The molecule has 0 bridgehead atoms. The molecule has 0 aromatic heterocycles. The highest BCUT2D eigenvalue weighted by molar-refractivity contribution is 5.42. The summed E-state index contributed by atoms with van der Waals surface area (Å²) in [6.07, 6.45) is 9.10. The molecule has 0 unspecified atom stereocenters. The Kier molecular flexibility index (Phi) is 2.88. The zero-order valence-corrected chi connectivity index (χ0v) is 9.91. The van der Waals surface area contributed by atoms with Crippen molar-refractivity contribution in [3.63, 3.8) is 0 Å². The van der Waals surface area contributed by atoms with Gasteiger partial charge in [0.2, 0.25) is 0 Å². The molecule has 1 aromatic carbocycles. The fourth-order valence-corrected chi connectivity index (χ4v) is 2.88. The van der Waals surface area contributed by atoms with Gasteiger partial charge in [0.25, 0.3) is 0 Å². The van der Waals surface area contributed by atoms with Crippen molar-refractivity contribution in [3.8, 4) is 12.3 Å². The van der Waals surface area contributed by atoms with E-state index in [2.05, 4.69) is 23.4 Å². The Morgan fingerprint density at radius 3 is 3.12 bits per heavy atom. The van der Waals surface area contributed by atoms with Crippen molar-refractivity contribution in [2.75, 3.05) is 13.2 Å². The Labute approximate surface area is 102 Å². The van der Waals surface area contributed by atoms with Gasteiger partial charge in [0.05, 0.1) is 12.7 Å². The summed E-state index contributed by atoms with van der Waals surface area (Å²) in [5, 5.41) is 3.53. The standard InChI is InChI=1S/C15H17NO/c1-2-11-5-6-13-12(10-11)7-9-17-15(13)14-4-3-8-16-14/h1,5-6,10,14-16H,3-4,7-9H2/t14-,15+/m0/s1. The lowest BCUT2D eigenvalue weighted by Gasteiger charge is -2.30. The molecule has 0 amide bonds. The quantitative estimate of drug-likeness (QED) is 0.741. The van der Waals surface area contributed by atoms with Gasteiger partial charge in [-0.15, -0.1) is 6.42 Å². The maximum absolute atomic E-state index is 5.95. The van der Waals surface area contributed by atoms with E-state index < -0.39 is 0 Å².